The average Bonchev–Trinajstić information content (AvgIpc) is 2.35. The molecule has 0 aliphatic heterocycles. The van der Waals surface area contributed by atoms with Crippen LogP contribution in [0.3, 0.4) is 0 Å². The largest absolute Gasteiger partial charge is 0.465 e. The summed E-state index contributed by atoms with van der Waals surface area (Å²) < 4.78 is 10.5. The lowest BCUT2D eigenvalue weighted by Gasteiger charge is -2.29. The Morgan fingerprint density at radius 1 is 1.00 bits per heavy atom. The lowest BCUT2D eigenvalue weighted by Crippen LogP contribution is -2.36. The molecule has 0 spiro atoms. The molecule has 0 aromatic rings. The van der Waals surface area contributed by atoms with Crippen LogP contribution in [-0.2, 0) is 19.1 Å². The van der Waals surface area contributed by atoms with E-state index in [9.17, 15) is 9.59 Å². The van der Waals surface area contributed by atoms with E-state index in [0.29, 0.717) is 12.5 Å². The van der Waals surface area contributed by atoms with Gasteiger partial charge < -0.3 is 9.47 Å². The smallest absolute Gasteiger partial charge is 0.310 e. The predicted molar refractivity (Wildman–Crippen MR) is 72.5 cm³/mol. The molecule has 19 heavy (non-hydrogen) atoms. The van der Waals surface area contributed by atoms with Crippen LogP contribution >= 0.6 is 0 Å². The molecule has 0 heterocycles. The molecule has 0 amide bonds. The highest BCUT2D eigenvalue weighted by Gasteiger charge is 2.38. The molecule has 4 nitrogen and oxygen atoms in total. The van der Waals surface area contributed by atoms with Crippen LogP contribution in [0.25, 0.3) is 0 Å². The van der Waals surface area contributed by atoms with E-state index in [-0.39, 0.29) is 29.9 Å². The van der Waals surface area contributed by atoms with E-state index in [4.69, 9.17) is 9.47 Å². The van der Waals surface area contributed by atoms with Gasteiger partial charge in [0.1, 0.15) is 0 Å². The Balaban J connectivity index is 2.61. The number of rotatable bonds is 5. The monoisotopic (exact) mass is 270 g/mol. The maximum atomic E-state index is 12.1. The van der Waals surface area contributed by atoms with Gasteiger partial charge in [-0.2, -0.15) is 0 Å². The first-order valence-corrected chi connectivity index (χ1v) is 7.29. The standard InChI is InChI=1S/C15H26O4/c1-10(2)9-18-14(16)12-7-5-6-8-13(12)15(17)19-11(3)4/h10-13H,5-9H2,1-4H3. The summed E-state index contributed by atoms with van der Waals surface area (Å²) >= 11 is 0. The molecule has 1 aliphatic carbocycles. The third-order valence-electron chi connectivity index (χ3n) is 3.28. The van der Waals surface area contributed by atoms with Crippen LogP contribution in [-0.4, -0.2) is 24.6 Å². The van der Waals surface area contributed by atoms with E-state index < -0.39 is 0 Å². The fraction of sp³-hybridized carbons (Fsp3) is 0.867. The summed E-state index contributed by atoms with van der Waals surface area (Å²) in [4.78, 5) is 24.1. The van der Waals surface area contributed by atoms with Gasteiger partial charge >= 0.3 is 11.9 Å². The Labute approximate surface area is 115 Å². The van der Waals surface area contributed by atoms with Gasteiger partial charge in [-0.15, -0.1) is 0 Å². The van der Waals surface area contributed by atoms with E-state index in [0.717, 1.165) is 25.7 Å². The van der Waals surface area contributed by atoms with Crippen molar-refractivity contribution in [2.24, 2.45) is 17.8 Å². The first-order valence-electron chi connectivity index (χ1n) is 7.29. The first kappa shape index (κ1) is 16.0. The van der Waals surface area contributed by atoms with Gasteiger partial charge in [-0.05, 0) is 32.6 Å². The second-order valence-electron chi connectivity index (χ2n) is 6.01. The van der Waals surface area contributed by atoms with Gasteiger partial charge in [0, 0.05) is 0 Å². The van der Waals surface area contributed by atoms with Crippen LogP contribution in [0.1, 0.15) is 53.4 Å². The zero-order valence-corrected chi connectivity index (χ0v) is 12.5. The highest BCUT2D eigenvalue weighted by atomic mass is 16.5. The van der Waals surface area contributed by atoms with Crippen LogP contribution in [0, 0.1) is 17.8 Å². The van der Waals surface area contributed by atoms with Crippen LogP contribution in [0.15, 0.2) is 0 Å². The van der Waals surface area contributed by atoms with E-state index in [2.05, 4.69) is 0 Å². The van der Waals surface area contributed by atoms with Gasteiger partial charge in [-0.1, -0.05) is 26.7 Å². The van der Waals surface area contributed by atoms with Gasteiger partial charge in [-0.25, -0.2) is 0 Å². The van der Waals surface area contributed by atoms with Crippen molar-refractivity contribution in [2.45, 2.75) is 59.5 Å². The summed E-state index contributed by atoms with van der Waals surface area (Å²) in [5.74, 6) is -0.816. The molecule has 0 saturated heterocycles. The SMILES string of the molecule is CC(C)COC(=O)C1CCCCC1C(=O)OC(C)C. The molecule has 1 fully saturated rings. The van der Waals surface area contributed by atoms with Crippen molar-refractivity contribution in [3.63, 3.8) is 0 Å². The van der Waals surface area contributed by atoms with Crippen molar-refractivity contribution >= 4 is 11.9 Å². The van der Waals surface area contributed by atoms with E-state index in [1.54, 1.807) is 0 Å². The summed E-state index contributed by atoms with van der Waals surface area (Å²) in [6, 6.07) is 0. The van der Waals surface area contributed by atoms with Gasteiger partial charge in [-0.3, -0.25) is 9.59 Å². The average molecular weight is 270 g/mol. The van der Waals surface area contributed by atoms with Gasteiger partial charge in [0.25, 0.3) is 0 Å². The number of ether oxygens (including phenoxy) is 2. The molecule has 0 N–H and O–H groups in total. The molecule has 4 heteroatoms. The molecular weight excluding hydrogens is 244 g/mol. The van der Waals surface area contributed by atoms with Crippen molar-refractivity contribution in [3.8, 4) is 0 Å². The lowest BCUT2D eigenvalue weighted by atomic mass is 9.79. The van der Waals surface area contributed by atoms with Gasteiger partial charge in [0.2, 0.25) is 0 Å². The van der Waals surface area contributed by atoms with Crippen molar-refractivity contribution < 1.29 is 19.1 Å². The third kappa shape index (κ3) is 5.21. The van der Waals surface area contributed by atoms with Crippen molar-refractivity contribution in [1.82, 2.24) is 0 Å². The summed E-state index contributed by atoms with van der Waals surface area (Å²) in [6.07, 6.45) is 3.28. The first-order chi connectivity index (χ1) is 8.91. The van der Waals surface area contributed by atoms with Crippen LogP contribution < -0.4 is 0 Å². The molecular formula is C15H26O4. The highest BCUT2D eigenvalue weighted by molar-refractivity contribution is 5.82. The van der Waals surface area contributed by atoms with E-state index in [1.807, 2.05) is 27.7 Å². The number of hydrogen-bond acceptors (Lipinski definition) is 4. The summed E-state index contributed by atoms with van der Waals surface area (Å²) in [6.45, 7) is 8.07. The molecule has 110 valence electrons. The number of carbonyl (C=O) groups is 2. The minimum absolute atomic E-state index is 0.137. The second kappa shape index (κ2) is 7.51. The Bertz CT molecular complexity index is 309. The lowest BCUT2D eigenvalue weighted by molar-refractivity contribution is -0.165. The summed E-state index contributed by atoms with van der Waals surface area (Å²) in [5.41, 5.74) is 0. The highest BCUT2D eigenvalue weighted by Crippen LogP contribution is 2.32. The quantitative estimate of drug-likeness (QED) is 0.721. The van der Waals surface area contributed by atoms with Crippen LogP contribution in [0.4, 0.5) is 0 Å². The molecule has 2 atom stereocenters. The summed E-state index contributed by atoms with van der Waals surface area (Å²) in [5, 5.41) is 0. The molecule has 0 aromatic carbocycles. The molecule has 1 saturated carbocycles. The van der Waals surface area contributed by atoms with Gasteiger partial charge in [0.15, 0.2) is 0 Å². The maximum absolute atomic E-state index is 12.1. The van der Waals surface area contributed by atoms with Crippen molar-refractivity contribution in [3.05, 3.63) is 0 Å². The van der Waals surface area contributed by atoms with Crippen LogP contribution in [0.2, 0.25) is 0 Å². The topological polar surface area (TPSA) is 52.6 Å². The predicted octanol–water partition coefficient (Wildman–Crippen LogP) is 2.94. The molecule has 0 radical (unpaired) electrons. The van der Waals surface area contributed by atoms with Crippen molar-refractivity contribution in [1.29, 1.82) is 0 Å². The zero-order valence-electron chi connectivity index (χ0n) is 12.5. The minimum Gasteiger partial charge on any atom is -0.465 e. The molecule has 0 aromatic heterocycles. The normalized spacial score (nSPS) is 23.5. The Morgan fingerprint density at radius 3 is 2.00 bits per heavy atom. The number of hydrogen-bond donors (Lipinski definition) is 0. The third-order valence-corrected chi connectivity index (χ3v) is 3.28. The fourth-order valence-electron chi connectivity index (χ4n) is 2.37. The molecule has 2 unspecified atom stereocenters. The minimum atomic E-state index is -0.323. The summed E-state index contributed by atoms with van der Waals surface area (Å²) in [7, 11) is 0. The number of esters is 2. The molecule has 1 aliphatic rings. The Morgan fingerprint density at radius 2 is 1.53 bits per heavy atom. The number of carbonyl (C=O) groups excluding carboxylic acids is 2. The molecule has 0 bridgehead atoms. The van der Waals surface area contributed by atoms with E-state index >= 15 is 0 Å². The van der Waals surface area contributed by atoms with E-state index in [1.165, 1.54) is 0 Å². The van der Waals surface area contributed by atoms with Crippen molar-refractivity contribution in [2.75, 3.05) is 6.61 Å². The molecule has 1 rings (SSSR count). The Hall–Kier alpha value is -1.06. The second-order valence-corrected chi connectivity index (χ2v) is 6.01. The Kier molecular flexibility index (Phi) is 6.32. The van der Waals surface area contributed by atoms with Gasteiger partial charge in [0.05, 0.1) is 24.5 Å². The van der Waals surface area contributed by atoms with Crippen LogP contribution in [0.5, 0.6) is 0 Å². The fourth-order valence-corrected chi connectivity index (χ4v) is 2.37. The zero-order chi connectivity index (χ0) is 14.4. The maximum Gasteiger partial charge on any atom is 0.310 e.